The first-order chi connectivity index (χ1) is 15.2. The van der Waals surface area contributed by atoms with E-state index in [0.717, 1.165) is 28.5 Å². The largest absolute Gasteiger partial charge is 0.339 e. The van der Waals surface area contributed by atoms with E-state index in [1.807, 2.05) is 24.3 Å². The number of alkyl halides is 3. The second kappa shape index (κ2) is 17.4. The van der Waals surface area contributed by atoms with Gasteiger partial charge in [-0.15, -0.1) is 0 Å². The fourth-order valence-corrected chi connectivity index (χ4v) is 4.14. The molecule has 1 aromatic carbocycles. The second-order valence-corrected chi connectivity index (χ2v) is 12.0. The van der Waals surface area contributed by atoms with Crippen molar-refractivity contribution < 1.29 is 4.79 Å². The predicted octanol–water partition coefficient (Wildman–Crippen LogP) is 8.09. The zero-order valence-corrected chi connectivity index (χ0v) is 23.9. The Morgan fingerprint density at radius 2 is 1.41 bits per heavy atom. The van der Waals surface area contributed by atoms with Crippen LogP contribution in [0.2, 0.25) is 0 Å². The summed E-state index contributed by atoms with van der Waals surface area (Å²) < 4.78 is -0.634. The maximum absolute atomic E-state index is 12.3. The van der Waals surface area contributed by atoms with Crippen molar-refractivity contribution in [2.24, 2.45) is 0 Å². The van der Waals surface area contributed by atoms with Gasteiger partial charge in [0.05, 0.1) is 0 Å². The number of thiocarbonyl (C=S) groups is 1. The first kappa shape index (κ1) is 30.0. The molecule has 0 aliphatic rings. The van der Waals surface area contributed by atoms with Crippen LogP contribution in [0.15, 0.2) is 24.3 Å². The lowest BCUT2D eigenvalue weighted by Crippen LogP contribution is -2.56. The third kappa shape index (κ3) is 15.0. The number of rotatable bonds is 15. The number of unbranched alkanes of at least 4 members (excludes halogenated alkanes) is 10. The van der Waals surface area contributed by atoms with Crippen molar-refractivity contribution >= 4 is 86.3 Å². The number of nitrogens with one attached hydrogen (secondary N) is 3. The zero-order chi connectivity index (χ0) is 23.8. The Kier molecular flexibility index (Phi) is 16.3. The highest BCUT2D eigenvalue weighted by Gasteiger charge is 2.34. The number of benzene rings is 1. The van der Waals surface area contributed by atoms with E-state index in [1.165, 1.54) is 51.4 Å². The summed E-state index contributed by atoms with van der Waals surface area (Å²) in [5.74, 6) is -0.165. The van der Waals surface area contributed by atoms with Crippen LogP contribution in [0.1, 0.15) is 84.0 Å². The van der Waals surface area contributed by atoms with Gasteiger partial charge in [0.15, 0.2) is 5.11 Å². The smallest absolute Gasteiger partial charge is 0.228 e. The Morgan fingerprint density at radius 1 is 0.906 bits per heavy atom. The topological polar surface area (TPSA) is 53.2 Å². The van der Waals surface area contributed by atoms with Gasteiger partial charge in [-0.05, 0) is 65.5 Å². The minimum absolute atomic E-state index is 0.165. The molecule has 0 aliphatic carbocycles. The number of carbonyl (C=O) groups excluding carboxylic acids is 1. The number of carbonyl (C=O) groups is 1. The molecule has 0 saturated heterocycles. The van der Waals surface area contributed by atoms with Crippen molar-refractivity contribution in [3.63, 3.8) is 0 Å². The van der Waals surface area contributed by atoms with Crippen LogP contribution in [0.25, 0.3) is 0 Å². The van der Waals surface area contributed by atoms with Crippen LogP contribution in [-0.2, 0) is 4.79 Å². The highest BCUT2D eigenvalue weighted by atomic mass is 127. The van der Waals surface area contributed by atoms with Gasteiger partial charge < -0.3 is 16.0 Å². The number of amides is 1. The molecular weight excluding hydrogens is 600 g/mol. The highest BCUT2D eigenvalue weighted by Crippen LogP contribution is 2.29. The van der Waals surface area contributed by atoms with Crippen molar-refractivity contribution in [2.75, 3.05) is 5.32 Å². The molecule has 32 heavy (non-hydrogen) atoms. The Labute approximate surface area is 227 Å². The molecule has 0 heterocycles. The van der Waals surface area contributed by atoms with Gasteiger partial charge >= 0.3 is 0 Å². The second-order valence-electron chi connectivity index (χ2n) is 7.93. The van der Waals surface area contributed by atoms with Gasteiger partial charge in [0.1, 0.15) is 6.17 Å². The molecule has 0 spiro atoms. The number of halogens is 4. The molecule has 0 radical (unpaired) electrons. The first-order valence-electron chi connectivity index (χ1n) is 11.4. The lowest BCUT2D eigenvalue weighted by Gasteiger charge is -2.27. The molecule has 1 amide bonds. The van der Waals surface area contributed by atoms with E-state index in [4.69, 9.17) is 47.0 Å². The molecule has 9 heteroatoms. The van der Waals surface area contributed by atoms with E-state index in [-0.39, 0.29) is 11.0 Å². The Morgan fingerprint density at radius 3 is 1.91 bits per heavy atom. The van der Waals surface area contributed by atoms with Gasteiger partial charge in [-0.25, -0.2) is 0 Å². The molecular formula is C23H35Cl3IN3OS. The minimum atomic E-state index is -1.75. The van der Waals surface area contributed by atoms with Crippen molar-refractivity contribution in [1.82, 2.24) is 10.6 Å². The van der Waals surface area contributed by atoms with Crippen molar-refractivity contribution in [1.29, 1.82) is 0 Å². The van der Waals surface area contributed by atoms with E-state index in [2.05, 4.69) is 45.5 Å². The van der Waals surface area contributed by atoms with Crippen LogP contribution < -0.4 is 16.0 Å². The fraction of sp³-hybridized carbons (Fsp3) is 0.652. The molecule has 0 fully saturated rings. The molecule has 0 aliphatic heterocycles. The SMILES string of the molecule is CCCCCCCCCCCCCC(=O)NC(NC(=S)Nc1ccc(I)cc1)C(Cl)(Cl)Cl. The normalized spacial score (nSPS) is 12.3. The minimum Gasteiger partial charge on any atom is -0.339 e. The predicted molar refractivity (Wildman–Crippen MR) is 152 cm³/mol. The molecule has 1 aromatic rings. The molecule has 1 unspecified atom stereocenters. The zero-order valence-electron chi connectivity index (χ0n) is 18.7. The summed E-state index contributed by atoms with van der Waals surface area (Å²) >= 11 is 25.7. The molecule has 3 N–H and O–H groups in total. The first-order valence-corrected chi connectivity index (χ1v) is 14.0. The standard InChI is InChI=1S/C23H35Cl3IN3OS/c1-2-3-4-5-6-7-8-9-10-11-12-13-20(31)29-21(23(24,25)26)30-22(32)28-19-16-14-18(27)15-17-19/h14-17,21H,2-13H2,1H3,(H,29,31)(H2,28,30,32). The Hall–Kier alpha value is -0.0200. The molecule has 0 bridgehead atoms. The number of hydrogen-bond acceptors (Lipinski definition) is 2. The average molecular weight is 635 g/mol. The van der Waals surface area contributed by atoms with Gasteiger partial charge in [0.25, 0.3) is 0 Å². The monoisotopic (exact) mass is 633 g/mol. The summed E-state index contributed by atoms with van der Waals surface area (Å²) in [7, 11) is 0. The van der Waals surface area contributed by atoms with E-state index >= 15 is 0 Å². The lowest BCUT2D eigenvalue weighted by atomic mass is 10.1. The lowest BCUT2D eigenvalue weighted by molar-refractivity contribution is -0.122. The van der Waals surface area contributed by atoms with Gasteiger partial charge in [0.2, 0.25) is 9.70 Å². The summed E-state index contributed by atoms with van der Waals surface area (Å²) in [5, 5.41) is 8.92. The summed E-state index contributed by atoms with van der Waals surface area (Å²) in [5.41, 5.74) is 0.804. The van der Waals surface area contributed by atoms with Crippen molar-refractivity contribution in [3.05, 3.63) is 27.8 Å². The van der Waals surface area contributed by atoms with Gasteiger partial charge in [-0.2, -0.15) is 0 Å². The molecule has 1 rings (SSSR count). The summed E-state index contributed by atoms with van der Waals surface area (Å²) in [4.78, 5) is 12.3. The number of hydrogen-bond donors (Lipinski definition) is 3. The maximum Gasteiger partial charge on any atom is 0.228 e. The fourth-order valence-electron chi connectivity index (χ4n) is 3.21. The Bertz CT molecular complexity index is 671. The van der Waals surface area contributed by atoms with Crippen LogP contribution in [0.5, 0.6) is 0 Å². The van der Waals surface area contributed by atoms with Crippen molar-refractivity contribution in [2.45, 2.75) is 93.9 Å². The molecule has 0 aromatic heterocycles. The van der Waals surface area contributed by atoms with E-state index in [9.17, 15) is 4.79 Å². The molecule has 0 saturated carbocycles. The number of anilines is 1. The summed E-state index contributed by atoms with van der Waals surface area (Å²) in [6.07, 6.45) is 13.0. The van der Waals surface area contributed by atoms with Crippen LogP contribution >= 0.6 is 69.6 Å². The third-order valence-corrected chi connectivity index (χ3v) is 6.61. The maximum atomic E-state index is 12.3. The Balaban J connectivity index is 2.25. The van der Waals surface area contributed by atoms with E-state index < -0.39 is 9.96 Å². The van der Waals surface area contributed by atoms with Crippen LogP contribution in [0.3, 0.4) is 0 Å². The van der Waals surface area contributed by atoms with Gasteiger partial charge in [0, 0.05) is 15.7 Å². The van der Waals surface area contributed by atoms with Crippen LogP contribution in [0, 0.1) is 3.57 Å². The average Bonchev–Trinajstić information content (AvgIpc) is 2.72. The van der Waals surface area contributed by atoms with Gasteiger partial charge in [-0.3, -0.25) is 4.79 Å². The van der Waals surface area contributed by atoms with Crippen LogP contribution in [0.4, 0.5) is 5.69 Å². The summed E-state index contributed by atoms with van der Waals surface area (Å²) in [6.45, 7) is 2.24. The molecule has 4 nitrogen and oxygen atoms in total. The third-order valence-electron chi connectivity index (χ3n) is 5.02. The van der Waals surface area contributed by atoms with Crippen molar-refractivity contribution in [3.8, 4) is 0 Å². The van der Waals surface area contributed by atoms with E-state index in [1.54, 1.807) is 0 Å². The van der Waals surface area contributed by atoms with Crippen LogP contribution in [-0.4, -0.2) is 21.0 Å². The summed E-state index contributed by atoms with van der Waals surface area (Å²) in [6, 6.07) is 7.69. The van der Waals surface area contributed by atoms with E-state index in [0.29, 0.717) is 6.42 Å². The van der Waals surface area contributed by atoms with Gasteiger partial charge in [-0.1, -0.05) is 106 Å². The molecule has 182 valence electrons. The highest BCUT2D eigenvalue weighted by molar-refractivity contribution is 14.1. The molecule has 1 atom stereocenters. The quantitative estimate of drug-likeness (QED) is 0.0600.